The van der Waals surface area contributed by atoms with E-state index in [1.807, 2.05) is 41.7 Å². The molecule has 2 fully saturated rings. The summed E-state index contributed by atoms with van der Waals surface area (Å²) in [6.07, 6.45) is 4.70. The molecule has 0 saturated carbocycles. The molecule has 0 aliphatic carbocycles. The second kappa shape index (κ2) is 8.84. The summed E-state index contributed by atoms with van der Waals surface area (Å²) in [5.41, 5.74) is 0. The molecular formula is C20H28N4OS. The fourth-order valence-electron chi connectivity index (χ4n) is 3.63. The average molecular weight is 373 g/mol. The van der Waals surface area contributed by atoms with Gasteiger partial charge in [0.25, 0.3) is 0 Å². The first-order valence-electron chi connectivity index (χ1n) is 9.69. The zero-order valence-corrected chi connectivity index (χ0v) is 16.2. The monoisotopic (exact) mass is 372 g/mol. The third kappa shape index (κ3) is 4.75. The minimum Gasteiger partial charge on any atom is -0.492 e. The molecule has 0 N–H and O–H groups in total. The molecule has 3 heterocycles. The zero-order chi connectivity index (χ0) is 17.6. The standard InChI is InChI=1S/C20H28N4OS/c1-2-6-18(7-3-1)25-15-14-22-10-12-23(13-11-22)17-19-16-21-20(26-19)24-8-4-5-9-24/h1-3,6-7,16H,4-5,8-15,17H2. The predicted molar refractivity (Wildman–Crippen MR) is 107 cm³/mol. The summed E-state index contributed by atoms with van der Waals surface area (Å²) in [5.74, 6) is 0.963. The first-order chi connectivity index (χ1) is 12.9. The van der Waals surface area contributed by atoms with E-state index in [4.69, 9.17) is 4.74 Å². The number of ether oxygens (including phenoxy) is 1. The molecule has 1 aromatic carbocycles. The molecule has 0 amide bonds. The van der Waals surface area contributed by atoms with E-state index in [0.717, 1.165) is 51.6 Å². The molecule has 26 heavy (non-hydrogen) atoms. The fourth-order valence-corrected chi connectivity index (χ4v) is 4.63. The second-order valence-electron chi connectivity index (χ2n) is 7.08. The Hall–Kier alpha value is -1.63. The number of thiazole rings is 1. The van der Waals surface area contributed by atoms with Crippen molar-refractivity contribution in [2.24, 2.45) is 0 Å². The maximum Gasteiger partial charge on any atom is 0.185 e. The van der Waals surface area contributed by atoms with Crippen LogP contribution < -0.4 is 9.64 Å². The lowest BCUT2D eigenvalue weighted by Crippen LogP contribution is -2.46. The van der Waals surface area contributed by atoms with Crippen molar-refractivity contribution in [3.63, 3.8) is 0 Å². The number of hydrogen-bond acceptors (Lipinski definition) is 6. The first-order valence-corrected chi connectivity index (χ1v) is 10.5. The van der Waals surface area contributed by atoms with Crippen LogP contribution in [0.1, 0.15) is 17.7 Å². The number of anilines is 1. The number of piperazine rings is 1. The van der Waals surface area contributed by atoms with Gasteiger partial charge >= 0.3 is 0 Å². The Bertz CT molecular complexity index is 663. The summed E-state index contributed by atoms with van der Waals surface area (Å²) in [4.78, 5) is 13.5. The first kappa shape index (κ1) is 17.8. The molecule has 2 aromatic rings. The molecule has 4 rings (SSSR count). The third-order valence-electron chi connectivity index (χ3n) is 5.18. The van der Waals surface area contributed by atoms with Crippen molar-refractivity contribution in [1.82, 2.24) is 14.8 Å². The molecule has 0 radical (unpaired) electrons. The number of benzene rings is 1. The number of nitrogens with zero attached hydrogens (tertiary/aromatic N) is 4. The van der Waals surface area contributed by atoms with Crippen molar-refractivity contribution in [1.29, 1.82) is 0 Å². The molecule has 0 unspecified atom stereocenters. The summed E-state index contributed by atoms with van der Waals surface area (Å²) in [6, 6.07) is 10.1. The average Bonchev–Trinajstić information content (AvgIpc) is 3.36. The van der Waals surface area contributed by atoms with Crippen molar-refractivity contribution >= 4 is 16.5 Å². The summed E-state index contributed by atoms with van der Waals surface area (Å²) < 4.78 is 5.82. The highest BCUT2D eigenvalue weighted by Gasteiger charge is 2.19. The Morgan fingerprint density at radius 2 is 1.65 bits per heavy atom. The number of hydrogen-bond donors (Lipinski definition) is 0. The number of rotatable bonds is 7. The summed E-state index contributed by atoms with van der Waals surface area (Å²) in [7, 11) is 0. The van der Waals surface area contributed by atoms with E-state index in [1.54, 1.807) is 0 Å². The van der Waals surface area contributed by atoms with Crippen molar-refractivity contribution in [2.75, 3.05) is 57.3 Å². The number of para-hydroxylation sites is 1. The molecule has 0 atom stereocenters. The van der Waals surface area contributed by atoms with Crippen LogP contribution in [0.15, 0.2) is 36.5 Å². The van der Waals surface area contributed by atoms with Gasteiger partial charge in [-0.25, -0.2) is 4.98 Å². The Balaban J connectivity index is 1.17. The van der Waals surface area contributed by atoms with Gasteiger partial charge in [-0.3, -0.25) is 9.80 Å². The Morgan fingerprint density at radius 3 is 2.42 bits per heavy atom. The Morgan fingerprint density at radius 1 is 0.923 bits per heavy atom. The van der Waals surface area contributed by atoms with Gasteiger partial charge in [-0.05, 0) is 25.0 Å². The molecule has 2 aliphatic heterocycles. The largest absolute Gasteiger partial charge is 0.492 e. The topological polar surface area (TPSA) is 31.8 Å². The van der Waals surface area contributed by atoms with Gasteiger partial charge < -0.3 is 9.64 Å². The van der Waals surface area contributed by atoms with Crippen LogP contribution in [-0.4, -0.2) is 67.2 Å². The van der Waals surface area contributed by atoms with Gasteiger partial charge in [0.1, 0.15) is 12.4 Å². The summed E-state index contributed by atoms with van der Waals surface area (Å²) >= 11 is 1.88. The van der Waals surface area contributed by atoms with Crippen LogP contribution in [0.4, 0.5) is 5.13 Å². The van der Waals surface area contributed by atoms with Gasteiger partial charge in [0, 0.05) is 63.4 Å². The summed E-state index contributed by atoms with van der Waals surface area (Å²) in [5, 5.41) is 1.22. The van der Waals surface area contributed by atoms with E-state index >= 15 is 0 Å². The lowest BCUT2D eigenvalue weighted by atomic mass is 10.3. The fraction of sp³-hybridized carbons (Fsp3) is 0.550. The molecular weight excluding hydrogens is 344 g/mol. The van der Waals surface area contributed by atoms with Crippen molar-refractivity contribution in [3.05, 3.63) is 41.4 Å². The molecule has 140 valence electrons. The lowest BCUT2D eigenvalue weighted by molar-refractivity contribution is 0.113. The molecule has 2 saturated heterocycles. The number of aromatic nitrogens is 1. The van der Waals surface area contributed by atoms with Gasteiger partial charge in [0.15, 0.2) is 5.13 Å². The normalized spacial score (nSPS) is 19.2. The maximum absolute atomic E-state index is 5.82. The van der Waals surface area contributed by atoms with Crippen LogP contribution in [0.3, 0.4) is 0 Å². The van der Waals surface area contributed by atoms with Crippen LogP contribution in [0, 0.1) is 0 Å². The van der Waals surface area contributed by atoms with Gasteiger partial charge in [-0.1, -0.05) is 18.2 Å². The van der Waals surface area contributed by atoms with Crippen molar-refractivity contribution < 1.29 is 4.74 Å². The smallest absolute Gasteiger partial charge is 0.185 e. The van der Waals surface area contributed by atoms with Crippen LogP contribution >= 0.6 is 11.3 Å². The molecule has 0 bridgehead atoms. The van der Waals surface area contributed by atoms with Crippen LogP contribution in [0.2, 0.25) is 0 Å². The highest BCUT2D eigenvalue weighted by Crippen LogP contribution is 2.26. The van der Waals surface area contributed by atoms with Gasteiger partial charge in [0.05, 0.1) is 0 Å². The van der Waals surface area contributed by atoms with Crippen molar-refractivity contribution in [2.45, 2.75) is 19.4 Å². The Kier molecular flexibility index (Phi) is 6.04. The predicted octanol–water partition coefficient (Wildman–Crippen LogP) is 2.94. The third-order valence-corrected chi connectivity index (χ3v) is 6.22. The molecule has 5 nitrogen and oxygen atoms in total. The minimum atomic E-state index is 0.762. The SMILES string of the molecule is c1ccc(OCCN2CCN(Cc3cnc(N4CCCC4)s3)CC2)cc1. The van der Waals surface area contributed by atoms with Crippen molar-refractivity contribution in [3.8, 4) is 5.75 Å². The molecule has 2 aliphatic rings. The van der Waals surface area contributed by atoms with E-state index in [0.29, 0.717) is 0 Å². The zero-order valence-electron chi connectivity index (χ0n) is 15.3. The minimum absolute atomic E-state index is 0.762. The van der Waals surface area contributed by atoms with Crippen LogP contribution in [0.5, 0.6) is 5.75 Å². The van der Waals surface area contributed by atoms with Gasteiger partial charge in [-0.2, -0.15) is 0 Å². The Labute approximate surface area is 160 Å². The molecule has 1 aromatic heterocycles. The van der Waals surface area contributed by atoms with E-state index in [2.05, 4.69) is 25.9 Å². The van der Waals surface area contributed by atoms with E-state index < -0.39 is 0 Å². The van der Waals surface area contributed by atoms with Crippen LogP contribution in [-0.2, 0) is 6.54 Å². The second-order valence-corrected chi connectivity index (χ2v) is 8.18. The summed E-state index contributed by atoms with van der Waals surface area (Å²) in [6.45, 7) is 9.66. The lowest BCUT2D eigenvalue weighted by Gasteiger charge is -2.34. The van der Waals surface area contributed by atoms with Gasteiger partial charge in [-0.15, -0.1) is 11.3 Å². The van der Waals surface area contributed by atoms with E-state index in [-0.39, 0.29) is 0 Å². The van der Waals surface area contributed by atoms with Gasteiger partial charge in [0.2, 0.25) is 0 Å². The molecule has 0 spiro atoms. The van der Waals surface area contributed by atoms with Crippen LogP contribution in [0.25, 0.3) is 0 Å². The van der Waals surface area contributed by atoms with E-state index in [9.17, 15) is 0 Å². The highest BCUT2D eigenvalue weighted by atomic mass is 32.1. The quantitative estimate of drug-likeness (QED) is 0.746. The molecule has 6 heteroatoms. The van der Waals surface area contributed by atoms with E-state index in [1.165, 1.54) is 35.9 Å². The maximum atomic E-state index is 5.82. The highest BCUT2D eigenvalue weighted by molar-refractivity contribution is 7.15.